The maximum absolute atomic E-state index is 10.5. The third-order valence-corrected chi connectivity index (χ3v) is 2.61. The Morgan fingerprint density at radius 2 is 2.20 bits per heavy atom. The van der Waals surface area contributed by atoms with Crippen LogP contribution in [0.15, 0.2) is 0 Å². The molecule has 0 aromatic rings. The lowest BCUT2D eigenvalue weighted by atomic mass is 10.4. The third kappa shape index (κ3) is 1.27. The Balaban J connectivity index is 2.48. The number of carbonyl (C=O) groups is 1. The Kier molecular flexibility index (Phi) is 1.65. The topological polar surface area (TPSA) is 72.5 Å². The maximum atomic E-state index is 10.5. The van der Waals surface area contributed by atoms with Gasteiger partial charge < -0.3 is 4.74 Å². The van der Waals surface area contributed by atoms with Crippen molar-refractivity contribution in [3.8, 4) is 0 Å². The normalized spacial score (nSPS) is 28.7. The first-order valence-corrected chi connectivity index (χ1v) is 4.28. The smallest absolute Gasteiger partial charge is 0.325 e. The lowest BCUT2D eigenvalue weighted by Crippen LogP contribution is -2.57. The van der Waals surface area contributed by atoms with Gasteiger partial charge in [-0.25, -0.2) is 8.42 Å². The van der Waals surface area contributed by atoms with Crippen molar-refractivity contribution in [1.29, 1.82) is 0 Å². The summed E-state index contributed by atoms with van der Waals surface area (Å²) in [6.07, 6.45) is 0. The lowest BCUT2D eigenvalue weighted by molar-refractivity contribution is -0.142. The van der Waals surface area contributed by atoms with Crippen LogP contribution < -0.4 is 4.72 Å². The van der Waals surface area contributed by atoms with Crippen molar-refractivity contribution >= 4 is 16.0 Å². The minimum Gasteiger partial charge on any atom is -0.468 e. The molecule has 0 saturated carbocycles. The Hall–Kier alpha value is -0.620. The van der Waals surface area contributed by atoms with Gasteiger partial charge >= 0.3 is 5.97 Å². The van der Waals surface area contributed by atoms with Crippen molar-refractivity contribution in [3.63, 3.8) is 0 Å². The number of ether oxygens (including phenoxy) is 1. The number of rotatable bonds is 1. The van der Waals surface area contributed by atoms with Crippen molar-refractivity contribution < 1.29 is 17.9 Å². The van der Waals surface area contributed by atoms with Gasteiger partial charge in [0.1, 0.15) is 6.04 Å². The van der Waals surface area contributed by atoms with Crippen LogP contribution in [0.25, 0.3) is 0 Å². The van der Waals surface area contributed by atoms with Gasteiger partial charge in [-0.2, -0.15) is 4.72 Å². The highest BCUT2D eigenvalue weighted by Gasteiger charge is 2.38. The SMILES string of the molecule is COC(=O)[C@H]1CS(=O)(=O)N1. The second-order valence-electron chi connectivity index (χ2n) is 1.98. The van der Waals surface area contributed by atoms with Crippen LogP contribution in [0.5, 0.6) is 0 Å². The molecule has 10 heavy (non-hydrogen) atoms. The number of hydrogen-bond acceptors (Lipinski definition) is 4. The van der Waals surface area contributed by atoms with Crippen LogP contribution in [0.4, 0.5) is 0 Å². The highest BCUT2D eigenvalue weighted by molar-refractivity contribution is 7.91. The van der Waals surface area contributed by atoms with E-state index in [-0.39, 0.29) is 5.75 Å². The summed E-state index contributed by atoms with van der Waals surface area (Å²) >= 11 is 0. The molecule has 1 aliphatic rings. The van der Waals surface area contributed by atoms with Crippen molar-refractivity contribution in [2.24, 2.45) is 0 Å². The maximum Gasteiger partial charge on any atom is 0.325 e. The Bertz CT molecular complexity index is 232. The number of nitrogens with one attached hydrogen (secondary N) is 1. The van der Waals surface area contributed by atoms with Gasteiger partial charge in [0.15, 0.2) is 0 Å². The van der Waals surface area contributed by atoms with E-state index in [0.29, 0.717) is 0 Å². The van der Waals surface area contributed by atoms with Gasteiger partial charge in [0.25, 0.3) is 0 Å². The number of hydrogen-bond donors (Lipinski definition) is 1. The summed E-state index contributed by atoms with van der Waals surface area (Å²) in [5.41, 5.74) is 0. The first-order valence-electron chi connectivity index (χ1n) is 2.63. The molecule has 1 atom stereocenters. The van der Waals surface area contributed by atoms with Crippen LogP contribution >= 0.6 is 0 Å². The second kappa shape index (κ2) is 2.21. The summed E-state index contributed by atoms with van der Waals surface area (Å²) in [5, 5.41) is 0. The average Bonchev–Trinajstić information content (AvgIpc) is 1.81. The number of sulfonamides is 1. The molecule has 0 aromatic carbocycles. The van der Waals surface area contributed by atoms with E-state index in [9.17, 15) is 13.2 Å². The average molecular weight is 165 g/mol. The summed E-state index contributed by atoms with van der Waals surface area (Å²) in [4.78, 5) is 10.5. The molecule has 0 bridgehead atoms. The predicted molar refractivity (Wildman–Crippen MR) is 32.7 cm³/mol. The summed E-state index contributed by atoms with van der Waals surface area (Å²) in [7, 11) is -1.92. The molecule has 1 rings (SSSR count). The zero-order chi connectivity index (χ0) is 7.78. The molecule has 58 valence electrons. The zero-order valence-electron chi connectivity index (χ0n) is 5.33. The van der Waals surface area contributed by atoms with Gasteiger partial charge in [-0.15, -0.1) is 0 Å². The standard InChI is InChI=1S/C4H7NO4S/c1-9-4(6)3-2-10(7,8)5-3/h3,5H,2H2,1H3/t3-/m1/s1. The fraction of sp³-hybridized carbons (Fsp3) is 0.750. The van der Waals surface area contributed by atoms with Gasteiger partial charge in [0.2, 0.25) is 10.0 Å². The fourth-order valence-electron chi connectivity index (χ4n) is 0.677. The molecule has 6 heteroatoms. The molecular formula is C4H7NO4S. The van der Waals surface area contributed by atoms with Crippen molar-refractivity contribution in [2.45, 2.75) is 6.04 Å². The van der Waals surface area contributed by atoms with Crippen molar-refractivity contribution in [3.05, 3.63) is 0 Å². The summed E-state index contributed by atoms with van der Waals surface area (Å²) in [6.45, 7) is 0. The molecule has 1 aliphatic heterocycles. The Morgan fingerprint density at radius 1 is 1.70 bits per heavy atom. The minimum atomic E-state index is -3.14. The van der Waals surface area contributed by atoms with Gasteiger partial charge in [-0.05, 0) is 0 Å². The quantitative estimate of drug-likeness (QED) is 0.478. The number of methoxy groups -OCH3 is 1. The Morgan fingerprint density at radius 3 is 2.50 bits per heavy atom. The van der Waals surface area contributed by atoms with Crippen LogP contribution in [0.1, 0.15) is 0 Å². The molecule has 1 fully saturated rings. The van der Waals surface area contributed by atoms with E-state index in [1.807, 2.05) is 0 Å². The molecule has 1 N–H and O–H groups in total. The second-order valence-corrected chi connectivity index (χ2v) is 3.77. The van der Waals surface area contributed by atoms with Crippen LogP contribution in [0.3, 0.4) is 0 Å². The van der Waals surface area contributed by atoms with Crippen LogP contribution in [-0.2, 0) is 19.6 Å². The molecular weight excluding hydrogens is 158 g/mol. The first-order chi connectivity index (χ1) is 4.55. The highest BCUT2D eigenvalue weighted by atomic mass is 32.2. The molecule has 0 amide bonds. The van der Waals surface area contributed by atoms with Gasteiger partial charge in [0, 0.05) is 0 Å². The van der Waals surface area contributed by atoms with E-state index >= 15 is 0 Å². The largest absolute Gasteiger partial charge is 0.468 e. The van der Waals surface area contributed by atoms with E-state index in [1.165, 1.54) is 7.11 Å². The molecule has 0 aliphatic carbocycles. The Labute approximate surface area is 58.4 Å². The van der Waals surface area contributed by atoms with Crippen molar-refractivity contribution in [1.82, 2.24) is 4.72 Å². The molecule has 1 saturated heterocycles. The fourth-order valence-corrected chi connectivity index (χ4v) is 1.75. The van der Waals surface area contributed by atoms with Gasteiger partial charge in [0.05, 0.1) is 12.9 Å². The van der Waals surface area contributed by atoms with Crippen LogP contribution in [0.2, 0.25) is 0 Å². The number of esters is 1. The van der Waals surface area contributed by atoms with E-state index in [4.69, 9.17) is 0 Å². The molecule has 0 aromatic heterocycles. The minimum absolute atomic E-state index is 0.153. The third-order valence-electron chi connectivity index (χ3n) is 1.19. The van der Waals surface area contributed by atoms with Crippen LogP contribution in [-0.4, -0.2) is 33.3 Å². The van der Waals surface area contributed by atoms with Crippen LogP contribution in [0, 0.1) is 0 Å². The molecule has 1 heterocycles. The predicted octanol–water partition coefficient (Wildman–Crippen LogP) is -1.54. The summed E-state index contributed by atoms with van der Waals surface area (Å²) in [5.74, 6) is -0.686. The lowest BCUT2D eigenvalue weighted by Gasteiger charge is -2.24. The summed E-state index contributed by atoms with van der Waals surface area (Å²) in [6, 6.07) is -0.657. The van der Waals surface area contributed by atoms with E-state index < -0.39 is 22.0 Å². The van der Waals surface area contributed by atoms with E-state index in [1.54, 1.807) is 0 Å². The van der Waals surface area contributed by atoms with Crippen molar-refractivity contribution in [2.75, 3.05) is 12.9 Å². The zero-order valence-corrected chi connectivity index (χ0v) is 6.14. The van der Waals surface area contributed by atoms with E-state index in [0.717, 1.165) is 0 Å². The molecule has 0 unspecified atom stereocenters. The highest BCUT2D eigenvalue weighted by Crippen LogP contribution is 2.05. The van der Waals surface area contributed by atoms with Gasteiger partial charge in [-0.3, -0.25) is 4.79 Å². The van der Waals surface area contributed by atoms with Gasteiger partial charge in [-0.1, -0.05) is 0 Å². The monoisotopic (exact) mass is 165 g/mol. The molecule has 0 radical (unpaired) electrons. The molecule has 5 nitrogen and oxygen atoms in total. The van der Waals surface area contributed by atoms with E-state index in [2.05, 4.69) is 9.46 Å². The summed E-state index contributed by atoms with van der Waals surface area (Å²) < 4.78 is 27.1. The first kappa shape index (κ1) is 7.49. The molecule has 0 spiro atoms. The number of carbonyl (C=O) groups excluding carboxylic acids is 1.